The number of hydrogen-bond donors (Lipinski definition) is 1. The fourth-order valence-corrected chi connectivity index (χ4v) is 3.84. The molecule has 0 aliphatic heterocycles. The smallest absolute Gasteiger partial charge is 0.266 e. The molecule has 186 valence electrons. The summed E-state index contributed by atoms with van der Waals surface area (Å²) >= 11 is 0. The van der Waals surface area contributed by atoms with Gasteiger partial charge in [-0.2, -0.15) is 5.10 Å². The Bertz CT molecular complexity index is 1380. The topological polar surface area (TPSA) is 42.7 Å². The fraction of sp³-hybridized carbons (Fsp3) is 0.185. The molecule has 0 bridgehead atoms. The molecule has 0 amide bonds. The summed E-state index contributed by atoms with van der Waals surface area (Å²) in [5.41, 5.74) is 2.57. The highest BCUT2D eigenvalue weighted by molar-refractivity contribution is 5.64. The maximum atomic E-state index is 15.4. The molecule has 0 radical (unpaired) electrons. The maximum absolute atomic E-state index is 15.4. The first-order chi connectivity index (χ1) is 17.3. The number of nitrogens with zero attached hydrogens (tertiary/aromatic N) is 3. The predicted molar refractivity (Wildman–Crippen MR) is 127 cm³/mol. The van der Waals surface area contributed by atoms with Crippen molar-refractivity contribution < 1.29 is 22.0 Å². The summed E-state index contributed by atoms with van der Waals surface area (Å²) < 4.78 is 70.1. The molecule has 0 fully saturated rings. The van der Waals surface area contributed by atoms with Crippen molar-refractivity contribution in [1.82, 2.24) is 20.1 Å². The molecule has 1 N–H and O–H groups in total. The quantitative estimate of drug-likeness (QED) is 0.260. The first kappa shape index (κ1) is 25.1. The van der Waals surface area contributed by atoms with E-state index in [9.17, 15) is 17.6 Å². The van der Waals surface area contributed by atoms with Crippen LogP contribution in [-0.4, -0.2) is 14.8 Å². The molecule has 4 rings (SSSR count). The van der Waals surface area contributed by atoms with Crippen LogP contribution in [0.5, 0.6) is 0 Å². The zero-order chi connectivity index (χ0) is 25.8. The van der Waals surface area contributed by atoms with E-state index in [4.69, 9.17) is 0 Å². The standard InChI is InChI=1S/C27H23F5N4/c1-3-21-10-17(8-9-33-21)13-34-16(2)26(36-15-20(14-35-36)27(31)32)22-6-4-18(11-24(22)29)19-5-7-23(28)25(30)12-19/h4-12,14-15,26-27,34H,2-3,13H2,1H3. The Morgan fingerprint density at radius 3 is 2.33 bits per heavy atom. The lowest BCUT2D eigenvalue weighted by Gasteiger charge is -2.23. The molecule has 4 nitrogen and oxygen atoms in total. The Morgan fingerprint density at radius 1 is 0.972 bits per heavy atom. The van der Waals surface area contributed by atoms with Crippen LogP contribution in [0.25, 0.3) is 11.1 Å². The Balaban J connectivity index is 1.67. The van der Waals surface area contributed by atoms with Crippen LogP contribution < -0.4 is 5.32 Å². The van der Waals surface area contributed by atoms with E-state index in [1.807, 2.05) is 19.1 Å². The van der Waals surface area contributed by atoms with Crippen LogP contribution in [0.2, 0.25) is 0 Å². The van der Waals surface area contributed by atoms with E-state index in [1.165, 1.54) is 22.9 Å². The number of halogens is 5. The summed E-state index contributed by atoms with van der Waals surface area (Å²) in [5.74, 6) is -2.74. The summed E-state index contributed by atoms with van der Waals surface area (Å²) in [6, 6.07) is 10.2. The van der Waals surface area contributed by atoms with Crippen LogP contribution in [0, 0.1) is 17.5 Å². The summed E-state index contributed by atoms with van der Waals surface area (Å²) in [4.78, 5) is 4.26. The Morgan fingerprint density at radius 2 is 1.69 bits per heavy atom. The Hall–Kier alpha value is -4.01. The number of nitrogens with one attached hydrogen (secondary N) is 1. The lowest BCUT2D eigenvalue weighted by Crippen LogP contribution is -2.24. The molecule has 2 aromatic heterocycles. The highest BCUT2D eigenvalue weighted by Crippen LogP contribution is 2.31. The van der Waals surface area contributed by atoms with Gasteiger partial charge in [-0.05, 0) is 53.4 Å². The van der Waals surface area contributed by atoms with Crippen LogP contribution >= 0.6 is 0 Å². The third-order valence-corrected chi connectivity index (χ3v) is 5.78. The summed E-state index contributed by atoms with van der Waals surface area (Å²) in [6.45, 7) is 6.36. The minimum atomic E-state index is -2.74. The maximum Gasteiger partial charge on any atom is 0.266 e. The average molecular weight is 498 g/mol. The molecule has 2 aromatic carbocycles. The number of pyridine rings is 1. The molecule has 0 saturated heterocycles. The van der Waals surface area contributed by atoms with Gasteiger partial charge in [0, 0.05) is 35.9 Å². The molecule has 0 saturated carbocycles. The van der Waals surface area contributed by atoms with Gasteiger partial charge in [-0.25, -0.2) is 22.0 Å². The predicted octanol–water partition coefficient (Wildman–Crippen LogP) is 6.76. The number of hydrogen-bond acceptors (Lipinski definition) is 3. The number of alkyl halides is 2. The van der Waals surface area contributed by atoms with Crippen LogP contribution in [-0.2, 0) is 13.0 Å². The van der Waals surface area contributed by atoms with Gasteiger partial charge < -0.3 is 5.32 Å². The fourth-order valence-electron chi connectivity index (χ4n) is 3.84. The molecule has 0 spiro atoms. The van der Waals surface area contributed by atoms with Crippen LogP contribution in [0.4, 0.5) is 22.0 Å². The number of aromatic nitrogens is 3. The van der Waals surface area contributed by atoms with Gasteiger partial charge in [0.15, 0.2) is 11.6 Å². The second-order valence-electron chi connectivity index (χ2n) is 8.21. The van der Waals surface area contributed by atoms with E-state index in [0.717, 1.165) is 42.2 Å². The second-order valence-corrected chi connectivity index (χ2v) is 8.21. The van der Waals surface area contributed by atoms with Crippen molar-refractivity contribution in [3.05, 3.63) is 119 Å². The summed E-state index contributed by atoms with van der Waals surface area (Å²) in [7, 11) is 0. The van der Waals surface area contributed by atoms with Gasteiger partial charge in [-0.1, -0.05) is 31.7 Å². The van der Waals surface area contributed by atoms with E-state index in [1.54, 1.807) is 12.3 Å². The van der Waals surface area contributed by atoms with Crippen molar-refractivity contribution in [3.8, 4) is 11.1 Å². The number of benzene rings is 2. The minimum Gasteiger partial charge on any atom is -0.383 e. The van der Waals surface area contributed by atoms with Gasteiger partial charge in [-0.15, -0.1) is 0 Å². The molecule has 4 aromatic rings. The van der Waals surface area contributed by atoms with Crippen LogP contribution in [0.15, 0.2) is 79.4 Å². The highest BCUT2D eigenvalue weighted by Gasteiger charge is 2.24. The molecule has 0 aliphatic carbocycles. The van der Waals surface area contributed by atoms with E-state index in [-0.39, 0.29) is 16.7 Å². The zero-order valence-electron chi connectivity index (χ0n) is 19.4. The van der Waals surface area contributed by atoms with Crippen molar-refractivity contribution in [1.29, 1.82) is 0 Å². The SMILES string of the molecule is C=C(NCc1ccnc(CC)c1)C(c1ccc(-c2ccc(F)c(F)c2)cc1F)n1cc(C(F)F)cn1. The monoisotopic (exact) mass is 498 g/mol. The third kappa shape index (κ3) is 5.45. The van der Waals surface area contributed by atoms with Gasteiger partial charge in [0.1, 0.15) is 11.9 Å². The molecule has 1 unspecified atom stereocenters. The average Bonchev–Trinajstić information content (AvgIpc) is 3.36. The second kappa shape index (κ2) is 10.7. The Kier molecular flexibility index (Phi) is 7.47. The number of allylic oxidation sites excluding steroid dienone is 1. The van der Waals surface area contributed by atoms with E-state index >= 15 is 4.39 Å². The number of rotatable bonds is 9. The van der Waals surface area contributed by atoms with E-state index in [0.29, 0.717) is 17.8 Å². The molecule has 36 heavy (non-hydrogen) atoms. The highest BCUT2D eigenvalue weighted by atomic mass is 19.3. The summed E-state index contributed by atoms with van der Waals surface area (Å²) in [5, 5.41) is 7.17. The summed E-state index contributed by atoms with van der Waals surface area (Å²) in [6.07, 6.45) is 1.87. The Labute approximate surface area is 205 Å². The van der Waals surface area contributed by atoms with E-state index in [2.05, 4.69) is 22.0 Å². The van der Waals surface area contributed by atoms with Gasteiger partial charge in [0.05, 0.1) is 11.8 Å². The third-order valence-electron chi connectivity index (χ3n) is 5.78. The van der Waals surface area contributed by atoms with E-state index < -0.39 is 29.9 Å². The van der Waals surface area contributed by atoms with Crippen LogP contribution in [0.3, 0.4) is 0 Å². The van der Waals surface area contributed by atoms with Crippen molar-refractivity contribution in [2.24, 2.45) is 0 Å². The van der Waals surface area contributed by atoms with Gasteiger partial charge in [0.2, 0.25) is 0 Å². The van der Waals surface area contributed by atoms with Gasteiger partial charge in [0.25, 0.3) is 6.43 Å². The van der Waals surface area contributed by atoms with Crippen molar-refractivity contribution in [3.63, 3.8) is 0 Å². The minimum absolute atomic E-state index is 0.117. The molecule has 2 heterocycles. The van der Waals surface area contributed by atoms with Crippen molar-refractivity contribution in [2.45, 2.75) is 32.4 Å². The molecule has 1 atom stereocenters. The van der Waals surface area contributed by atoms with Gasteiger partial charge >= 0.3 is 0 Å². The largest absolute Gasteiger partial charge is 0.383 e. The normalized spacial score (nSPS) is 12.1. The molecule has 0 aliphatic rings. The first-order valence-corrected chi connectivity index (χ1v) is 11.2. The molecular weight excluding hydrogens is 475 g/mol. The lowest BCUT2D eigenvalue weighted by atomic mass is 9.98. The van der Waals surface area contributed by atoms with Crippen LogP contribution in [0.1, 0.15) is 41.8 Å². The lowest BCUT2D eigenvalue weighted by molar-refractivity contribution is 0.151. The van der Waals surface area contributed by atoms with Crippen molar-refractivity contribution in [2.75, 3.05) is 0 Å². The number of aryl methyl sites for hydroxylation is 1. The van der Waals surface area contributed by atoms with Gasteiger partial charge in [-0.3, -0.25) is 9.67 Å². The zero-order valence-corrected chi connectivity index (χ0v) is 19.4. The molecular formula is C27H23F5N4. The molecule has 9 heteroatoms. The first-order valence-electron chi connectivity index (χ1n) is 11.2. The van der Waals surface area contributed by atoms with Crippen molar-refractivity contribution >= 4 is 0 Å².